The van der Waals surface area contributed by atoms with Crippen LogP contribution < -0.4 is 5.69 Å². The van der Waals surface area contributed by atoms with Crippen molar-refractivity contribution in [3.8, 4) is 0 Å². The molecule has 20 heavy (non-hydrogen) atoms. The molecular formula is C15H20BrN3O. The lowest BCUT2D eigenvalue weighted by Crippen LogP contribution is -2.35. The molecule has 1 fully saturated rings. The summed E-state index contributed by atoms with van der Waals surface area (Å²) in [6.07, 6.45) is 2.32. The number of hydrogen-bond donors (Lipinski definition) is 1. The number of aromatic nitrogens is 2. The average Bonchev–Trinajstić information content (AvgIpc) is 2.73. The number of H-pyrrole nitrogens is 1. The summed E-state index contributed by atoms with van der Waals surface area (Å²) < 4.78 is 2.92. The topological polar surface area (TPSA) is 41.0 Å². The van der Waals surface area contributed by atoms with E-state index < -0.39 is 0 Å². The number of imidazole rings is 1. The minimum Gasteiger partial charge on any atom is -0.306 e. The lowest BCUT2D eigenvalue weighted by Gasteiger charge is -2.33. The van der Waals surface area contributed by atoms with Crippen molar-refractivity contribution in [3.05, 3.63) is 33.2 Å². The van der Waals surface area contributed by atoms with Gasteiger partial charge in [0, 0.05) is 10.5 Å². The summed E-state index contributed by atoms with van der Waals surface area (Å²) in [7, 11) is 2.16. The third-order valence-electron chi connectivity index (χ3n) is 4.53. The van der Waals surface area contributed by atoms with Gasteiger partial charge in [0.05, 0.1) is 11.0 Å². The summed E-state index contributed by atoms with van der Waals surface area (Å²) >= 11 is 3.45. The third kappa shape index (κ3) is 2.44. The molecule has 1 saturated heterocycles. The van der Waals surface area contributed by atoms with Crippen LogP contribution in [0.5, 0.6) is 0 Å². The van der Waals surface area contributed by atoms with Gasteiger partial charge in [0.1, 0.15) is 0 Å². The van der Waals surface area contributed by atoms with Crippen molar-refractivity contribution >= 4 is 27.0 Å². The number of halogens is 1. The Morgan fingerprint density at radius 1 is 1.35 bits per heavy atom. The van der Waals surface area contributed by atoms with Gasteiger partial charge in [-0.15, -0.1) is 0 Å². The largest absolute Gasteiger partial charge is 0.326 e. The number of nitrogens with one attached hydrogen (secondary N) is 1. The highest BCUT2D eigenvalue weighted by molar-refractivity contribution is 9.10. The molecule has 3 rings (SSSR count). The van der Waals surface area contributed by atoms with Gasteiger partial charge < -0.3 is 9.88 Å². The van der Waals surface area contributed by atoms with E-state index in [1.807, 2.05) is 22.8 Å². The zero-order valence-electron chi connectivity index (χ0n) is 11.9. The summed E-state index contributed by atoms with van der Waals surface area (Å²) in [6, 6.07) is 6.22. The molecule has 0 amide bonds. The lowest BCUT2D eigenvalue weighted by atomic mass is 9.90. The van der Waals surface area contributed by atoms with Crippen molar-refractivity contribution in [3.63, 3.8) is 0 Å². The predicted molar refractivity (Wildman–Crippen MR) is 85.2 cm³/mol. The maximum absolute atomic E-state index is 12.3. The van der Waals surface area contributed by atoms with Crippen molar-refractivity contribution in [2.45, 2.75) is 25.8 Å². The van der Waals surface area contributed by atoms with Crippen LogP contribution in [0.4, 0.5) is 0 Å². The first-order valence-electron chi connectivity index (χ1n) is 7.14. The second-order valence-electron chi connectivity index (χ2n) is 5.84. The molecule has 0 spiro atoms. The molecule has 1 unspecified atom stereocenters. The molecule has 108 valence electrons. The van der Waals surface area contributed by atoms with Gasteiger partial charge >= 0.3 is 5.69 Å². The van der Waals surface area contributed by atoms with Crippen LogP contribution >= 0.6 is 15.9 Å². The van der Waals surface area contributed by atoms with Gasteiger partial charge in [-0.05, 0) is 64.0 Å². The number of piperidine rings is 1. The van der Waals surface area contributed by atoms with E-state index in [1.54, 1.807) is 0 Å². The molecule has 0 aliphatic carbocycles. The van der Waals surface area contributed by atoms with Crippen LogP contribution in [0.3, 0.4) is 0 Å². The fourth-order valence-corrected chi connectivity index (χ4v) is 3.59. The van der Waals surface area contributed by atoms with Crippen LogP contribution in [0.15, 0.2) is 27.5 Å². The second kappa shape index (κ2) is 5.37. The summed E-state index contributed by atoms with van der Waals surface area (Å²) in [5.74, 6) is 0.576. The van der Waals surface area contributed by atoms with E-state index in [0.29, 0.717) is 5.92 Å². The van der Waals surface area contributed by atoms with Crippen molar-refractivity contribution in [2.24, 2.45) is 5.92 Å². The summed E-state index contributed by atoms with van der Waals surface area (Å²) in [4.78, 5) is 17.6. The monoisotopic (exact) mass is 337 g/mol. The van der Waals surface area contributed by atoms with Crippen molar-refractivity contribution < 1.29 is 0 Å². The number of nitrogens with zero attached hydrogens (tertiary/aromatic N) is 2. The van der Waals surface area contributed by atoms with E-state index >= 15 is 0 Å². The molecule has 1 aliphatic heterocycles. The van der Waals surface area contributed by atoms with E-state index in [2.05, 4.69) is 39.8 Å². The third-order valence-corrected chi connectivity index (χ3v) is 5.02. The Labute approximate surface area is 126 Å². The lowest BCUT2D eigenvalue weighted by molar-refractivity contribution is 0.180. The van der Waals surface area contributed by atoms with Gasteiger partial charge in [-0.25, -0.2) is 4.79 Å². The van der Waals surface area contributed by atoms with Crippen LogP contribution in [0.25, 0.3) is 11.0 Å². The first-order valence-corrected chi connectivity index (χ1v) is 7.94. The molecule has 0 radical (unpaired) electrons. The van der Waals surface area contributed by atoms with Crippen molar-refractivity contribution in [1.29, 1.82) is 0 Å². The Morgan fingerprint density at radius 3 is 2.75 bits per heavy atom. The minimum absolute atomic E-state index is 0.00419. The van der Waals surface area contributed by atoms with E-state index in [-0.39, 0.29) is 11.7 Å². The van der Waals surface area contributed by atoms with Gasteiger partial charge in [0.2, 0.25) is 0 Å². The zero-order valence-corrected chi connectivity index (χ0v) is 13.5. The molecular weight excluding hydrogens is 318 g/mol. The molecule has 2 aromatic rings. The predicted octanol–water partition coefficient (Wildman–Crippen LogP) is 2.99. The maximum Gasteiger partial charge on any atom is 0.326 e. The number of fused-ring (bicyclic) bond motifs is 1. The Hall–Kier alpha value is -1.07. The fourth-order valence-electron chi connectivity index (χ4n) is 3.23. The summed E-state index contributed by atoms with van der Waals surface area (Å²) in [5, 5.41) is 0. The van der Waals surface area contributed by atoms with Crippen LogP contribution in [0, 0.1) is 5.92 Å². The van der Waals surface area contributed by atoms with Gasteiger partial charge in [-0.3, -0.25) is 4.57 Å². The zero-order chi connectivity index (χ0) is 14.3. The molecule has 4 nitrogen and oxygen atoms in total. The quantitative estimate of drug-likeness (QED) is 0.915. The summed E-state index contributed by atoms with van der Waals surface area (Å²) in [5.41, 5.74) is 1.92. The van der Waals surface area contributed by atoms with Gasteiger partial charge in [-0.1, -0.05) is 15.9 Å². The van der Waals surface area contributed by atoms with Gasteiger partial charge in [0.25, 0.3) is 0 Å². The van der Waals surface area contributed by atoms with E-state index in [0.717, 1.165) is 41.4 Å². The van der Waals surface area contributed by atoms with E-state index in [1.165, 1.54) is 0 Å². The molecule has 1 aromatic heterocycles. The average molecular weight is 338 g/mol. The van der Waals surface area contributed by atoms with Gasteiger partial charge in [0.15, 0.2) is 0 Å². The SMILES string of the molecule is CC(C1CCN(C)CC1)n1c(=O)[nH]c2cc(Br)ccc21. The van der Waals surface area contributed by atoms with E-state index in [9.17, 15) is 4.79 Å². The van der Waals surface area contributed by atoms with Crippen LogP contribution in [-0.4, -0.2) is 34.6 Å². The fraction of sp³-hybridized carbons (Fsp3) is 0.533. The molecule has 1 atom stereocenters. The molecule has 5 heteroatoms. The molecule has 1 N–H and O–H groups in total. The van der Waals surface area contributed by atoms with Crippen molar-refractivity contribution in [2.75, 3.05) is 20.1 Å². The Bertz CT molecular complexity index is 667. The number of benzene rings is 1. The number of hydrogen-bond acceptors (Lipinski definition) is 2. The molecule has 1 aromatic carbocycles. The number of rotatable bonds is 2. The Kier molecular flexibility index (Phi) is 3.73. The smallest absolute Gasteiger partial charge is 0.306 e. The van der Waals surface area contributed by atoms with Crippen molar-refractivity contribution in [1.82, 2.24) is 14.5 Å². The van der Waals surface area contributed by atoms with Crippen LogP contribution in [-0.2, 0) is 0 Å². The minimum atomic E-state index is 0.00419. The first kappa shape index (κ1) is 13.9. The number of aromatic amines is 1. The highest BCUT2D eigenvalue weighted by Gasteiger charge is 2.25. The second-order valence-corrected chi connectivity index (χ2v) is 6.76. The normalized spacial score (nSPS) is 19.6. The molecule has 2 heterocycles. The maximum atomic E-state index is 12.3. The van der Waals surface area contributed by atoms with Crippen LogP contribution in [0.2, 0.25) is 0 Å². The van der Waals surface area contributed by atoms with Crippen LogP contribution in [0.1, 0.15) is 25.8 Å². The van der Waals surface area contributed by atoms with Gasteiger partial charge in [-0.2, -0.15) is 0 Å². The number of likely N-dealkylation sites (tertiary alicyclic amines) is 1. The Morgan fingerprint density at radius 2 is 2.05 bits per heavy atom. The standard InChI is InChI=1S/C15H20BrN3O/c1-10(11-5-7-18(2)8-6-11)19-14-4-3-12(16)9-13(14)17-15(19)20/h3-4,9-11H,5-8H2,1-2H3,(H,17,20). The molecule has 0 saturated carbocycles. The molecule has 0 bridgehead atoms. The highest BCUT2D eigenvalue weighted by atomic mass is 79.9. The highest BCUT2D eigenvalue weighted by Crippen LogP contribution is 2.29. The molecule has 1 aliphatic rings. The first-order chi connectivity index (χ1) is 9.56. The van der Waals surface area contributed by atoms with E-state index in [4.69, 9.17) is 0 Å². The summed E-state index contributed by atoms with van der Waals surface area (Å²) in [6.45, 7) is 4.42. The Balaban J connectivity index is 1.97.